The van der Waals surface area contributed by atoms with Crippen LogP contribution >= 0.6 is 0 Å². The Hall–Kier alpha value is 0.531. The van der Waals surface area contributed by atoms with Gasteiger partial charge < -0.3 is 13.3 Å². The Morgan fingerprint density at radius 3 is 1.67 bits per heavy atom. The summed E-state index contributed by atoms with van der Waals surface area (Å²) in [6.07, 6.45) is 0. The van der Waals surface area contributed by atoms with E-state index in [1.54, 1.807) is 0 Å². The summed E-state index contributed by atoms with van der Waals surface area (Å²) >= 11 is 0. The Bertz CT molecular complexity index is 100. The number of hydrogen-bond donors (Lipinski definition) is 0. The first-order chi connectivity index (χ1) is 5.56. The maximum atomic E-state index is 5.57. The number of rotatable bonds is 6. The van der Waals surface area contributed by atoms with E-state index in [2.05, 4.69) is 32.7 Å². The lowest BCUT2D eigenvalue weighted by atomic mass is 11.4. The smallest absolute Gasteiger partial charge is 0.242 e. The average molecular weight is 224 g/mol. The molecule has 0 aromatic heterocycles. The molecule has 0 radical (unpaired) electrons. The molecular weight excluding hydrogens is 204 g/mol. The number of hydrogen-bond acceptors (Lipinski definition) is 3. The van der Waals surface area contributed by atoms with Crippen LogP contribution in [0.15, 0.2) is 0 Å². The van der Waals surface area contributed by atoms with E-state index in [1.165, 1.54) is 0 Å². The van der Waals surface area contributed by atoms with Crippen LogP contribution in [0.4, 0.5) is 0 Å². The summed E-state index contributed by atoms with van der Waals surface area (Å²) in [4.78, 5) is 0. The quantitative estimate of drug-likeness (QED) is 0.483. The second-order valence-corrected chi connectivity index (χ2v) is 8.76. The topological polar surface area (TPSA) is 27.7 Å². The molecule has 0 aliphatic heterocycles. The third-order valence-electron chi connectivity index (χ3n) is 1.07. The van der Waals surface area contributed by atoms with Crippen molar-refractivity contribution in [2.45, 2.75) is 39.2 Å². The Labute approximate surface area is 80.8 Å². The van der Waals surface area contributed by atoms with Gasteiger partial charge >= 0.3 is 0 Å². The molecule has 12 heavy (non-hydrogen) atoms. The van der Waals surface area contributed by atoms with E-state index in [-0.39, 0.29) is 6.48 Å². The van der Waals surface area contributed by atoms with Gasteiger partial charge in [-0.25, -0.2) is 0 Å². The van der Waals surface area contributed by atoms with Crippen LogP contribution in [0, 0.1) is 0 Å². The van der Waals surface area contributed by atoms with Crippen molar-refractivity contribution in [3.05, 3.63) is 0 Å². The van der Waals surface area contributed by atoms with Gasteiger partial charge in [-0.1, -0.05) is 6.55 Å². The normalized spacial score (nSPS) is 13.0. The van der Waals surface area contributed by atoms with Crippen LogP contribution < -0.4 is 0 Å². The molecule has 0 N–H and O–H groups in total. The zero-order chi connectivity index (χ0) is 9.56. The lowest BCUT2D eigenvalue weighted by Crippen LogP contribution is -2.31. The summed E-state index contributed by atoms with van der Waals surface area (Å²) < 4.78 is 16.6. The van der Waals surface area contributed by atoms with E-state index < -0.39 is 27.8 Å². The van der Waals surface area contributed by atoms with Crippen molar-refractivity contribution < 1.29 is 13.3 Å². The third kappa shape index (κ3) is 7.19. The summed E-state index contributed by atoms with van der Waals surface area (Å²) in [5.41, 5.74) is 0. The first-order valence-corrected chi connectivity index (χ1v) is 12.0. The van der Waals surface area contributed by atoms with E-state index in [1.807, 2.05) is 0 Å². The predicted octanol–water partition coefficient (Wildman–Crippen LogP) is 0.418. The fourth-order valence-electron chi connectivity index (χ4n) is 0.691. The van der Waals surface area contributed by atoms with Crippen molar-refractivity contribution in [3.63, 3.8) is 0 Å². The molecule has 0 aliphatic carbocycles. The molecular formula is C6H20O3Si3. The highest BCUT2D eigenvalue weighted by Gasteiger charge is 2.12. The lowest BCUT2D eigenvalue weighted by molar-refractivity contribution is -0.145. The molecule has 0 bridgehead atoms. The lowest BCUT2D eigenvalue weighted by Gasteiger charge is -2.22. The van der Waals surface area contributed by atoms with E-state index in [0.717, 1.165) is 0 Å². The third-order valence-corrected chi connectivity index (χ3v) is 3.21. The molecule has 0 aliphatic rings. The van der Waals surface area contributed by atoms with Crippen LogP contribution in [0.5, 0.6) is 0 Å². The van der Waals surface area contributed by atoms with Gasteiger partial charge in [-0.2, -0.15) is 0 Å². The van der Waals surface area contributed by atoms with Crippen molar-refractivity contribution in [1.29, 1.82) is 0 Å². The summed E-state index contributed by atoms with van der Waals surface area (Å²) in [7, 11) is -2.47. The van der Waals surface area contributed by atoms with E-state index in [9.17, 15) is 0 Å². The molecule has 0 unspecified atom stereocenters. The minimum Gasteiger partial charge on any atom is -0.380 e. The standard InChI is InChI=1S/C6H20O3Si3/c1-10-7-6(8-11(2)3)9-12(4)5/h6,11-12H,10H2,1-5H3. The SMILES string of the molecule is C[SiH2]OC(O[SiH](C)C)O[SiH](C)C. The highest BCUT2D eigenvalue weighted by molar-refractivity contribution is 6.49. The van der Waals surface area contributed by atoms with Crippen molar-refractivity contribution in [1.82, 2.24) is 0 Å². The first-order valence-electron chi connectivity index (χ1n) is 4.48. The molecule has 0 amide bonds. The highest BCUT2D eigenvalue weighted by Crippen LogP contribution is 2.01. The molecule has 0 saturated carbocycles. The minimum atomic E-state index is -1.02. The predicted molar refractivity (Wildman–Crippen MR) is 59.2 cm³/mol. The van der Waals surface area contributed by atoms with Gasteiger partial charge in [0.25, 0.3) is 0 Å². The summed E-state index contributed by atoms with van der Waals surface area (Å²) in [6, 6.07) is 0. The van der Waals surface area contributed by atoms with Gasteiger partial charge in [0.1, 0.15) is 0 Å². The largest absolute Gasteiger partial charge is 0.380 e. The zero-order valence-electron chi connectivity index (χ0n) is 8.66. The second kappa shape index (κ2) is 6.98. The highest BCUT2D eigenvalue weighted by atomic mass is 28.3. The van der Waals surface area contributed by atoms with Crippen LogP contribution in [0.3, 0.4) is 0 Å². The van der Waals surface area contributed by atoms with Gasteiger partial charge in [-0.05, 0) is 26.2 Å². The molecule has 0 aromatic carbocycles. The molecule has 0 saturated heterocycles. The van der Waals surface area contributed by atoms with Crippen molar-refractivity contribution in [3.8, 4) is 0 Å². The van der Waals surface area contributed by atoms with E-state index in [4.69, 9.17) is 13.3 Å². The van der Waals surface area contributed by atoms with Crippen molar-refractivity contribution in [2.75, 3.05) is 0 Å². The van der Waals surface area contributed by atoms with Crippen LogP contribution in [0.25, 0.3) is 0 Å². The minimum absolute atomic E-state index is 0.333. The molecule has 0 atom stereocenters. The van der Waals surface area contributed by atoms with Crippen molar-refractivity contribution >= 4 is 27.8 Å². The maximum Gasteiger partial charge on any atom is 0.242 e. The Kier molecular flexibility index (Phi) is 7.29. The molecule has 0 fully saturated rings. The zero-order valence-corrected chi connectivity index (χ0v) is 12.4. The van der Waals surface area contributed by atoms with Gasteiger partial charge in [0.15, 0.2) is 27.8 Å². The fourth-order valence-corrected chi connectivity index (χ4v) is 2.74. The van der Waals surface area contributed by atoms with Gasteiger partial charge in [0, 0.05) is 0 Å². The molecule has 0 rings (SSSR count). The Morgan fingerprint density at radius 1 is 1.00 bits per heavy atom. The van der Waals surface area contributed by atoms with Crippen LogP contribution in [0.2, 0.25) is 32.7 Å². The van der Waals surface area contributed by atoms with E-state index in [0.29, 0.717) is 0 Å². The maximum absolute atomic E-state index is 5.57. The Morgan fingerprint density at radius 2 is 1.42 bits per heavy atom. The summed E-state index contributed by atoms with van der Waals surface area (Å²) in [6.45, 7) is 10.2. The summed E-state index contributed by atoms with van der Waals surface area (Å²) in [5, 5.41) is 0. The molecule has 74 valence electrons. The van der Waals surface area contributed by atoms with Crippen LogP contribution in [-0.2, 0) is 13.3 Å². The molecule has 0 aromatic rings. The second-order valence-electron chi connectivity index (χ2n) is 3.11. The molecule has 0 heterocycles. The van der Waals surface area contributed by atoms with Crippen LogP contribution in [0.1, 0.15) is 0 Å². The molecule has 3 nitrogen and oxygen atoms in total. The molecule has 6 heteroatoms. The van der Waals surface area contributed by atoms with Crippen molar-refractivity contribution in [2.24, 2.45) is 0 Å². The molecule has 0 spiro atoms. The average Bonchev–Trinajstić information content (AvgIpc) is 1.84. The fraction of sp³-hybridized carbons (Fsp3) is 1.00. The Balaban J connectivity index is 3.69. The van der Waals surface area contributed by atoms with Crippen LogP contribution in [-0.4, -0.2) is 34.3 Å². The first kappa shape index (κ1) is 12.5. The van der Waals surface area contributed by atoms with Gasteiger partial charge in [0.05, 0.1) is 0 Å². The monoisotopic (exact) mass is 224 g/mol. The van der Waals surface area contributed by atoms with Gasteiger partial charge in [-0.15, -0.1) is 0 Å². The van der Waals surface area contributed by atoms with Gasteiger partial charge in [0.2, 0.25) is 6.48 Å². The van der Waals surface area contributed by atoms with Gasteiger partial charge in [-0.3, -0.25) is 0 Å². The summed E-state index contributed by atoms with van der Waals surface area (Å²) in [5.74, 6) is 0. The van der Waals surface area contributed by atoms with E-state index >= 15 is 0 Å².